The smallest absolute Gasteiger partial charge is 0.404 e. The average molecular weight is 448 g/mol. The molecule has 4 N–H and O–H groups in total. The number of nitrogens with two attached hydrogens (primary N) is 1. The molecule has 1 aromatic carbocycles. The Balaban J connectivity index is 1.78. The van der Waals surface area contributed by atoms with Crippen molar-refractivity contribution in [3.63, 3.8) is 0 Å². The van der Waals surface area contributed by atoms with Gasteiger partial charge in [0.25, 0.3) is 11.8 Å². The first-order chi connectivity index (χ1) is 14.8. The molecule has 0 aliphatic carbocycles. The van der Waals surface area contributed by atoms with Crippen molar-refractivity contribution >= 4 is 41.4 Å². The van der Waals surface area contributed by atoms with Crippen LogP contribution in [0.15, 0.2) is 46.8 Å². The molecule has 164 valence electrons. The molecule has 2 aliphatic heterocycles. The van der Waals surface area contributed by atoms with Gasteiger partial charge < -0.3 is 25.7 Å². The van der Waals surface area contributed by atoms with Crippen molar-refractivity contribution in [2.24, 2.45) is 10.9 Å². The van der Waals surface area contributed by atoms with Crippen molar-refractivity contribution in [2.45, 2.75) is 18.3 Å². The molecule has 2 aliphatic rings. The third-order valence-electron chi connectivity index (χ3n) is 4.47. The molecule has 2 atom stereocenters. The number of β-lactam (4-membered cyclic amide) rings is 1. The summed E-state index contributed by atoms with van der Waals surface area (Å²) >= 11 is 1.24. The number of benzene rings is 1. The number of aliphatic carboxylic acids is 1. The van der Waals surface area contributed by atoms with E-state index in [-0.39, 0.29) is 35.9 Å². The molecule has 3 rings (SSSR count). The number of oxime groups is 1. The molecule has 1 saturated heterocycles. The molecule has 1 aromatic rings. The Morgan fingerprint density at radius 3 is 2.65 bits per heavy atom. The van der Waals surface area contributed by atoms with Gasteiger partial charge in [0.1, 0.15) is 30.3 Å². The fraction of sp³-hybridized carbons (Fsp3) is 0.316. The van der Waals surface area contributed by atoms with Gasteiger partial charge in [-0.05, 0) is 6.92 Å². The van der Waals surface area contributed by atoms with Gasteiger partial charge in [-0.15, -0.1) is 11.8 Å². The summed E-state index contributed by atoms with van der Waals surface area (Å²) in [6.45, 7) is 1.63. The SMILES string of the molecule is CCON=C(C(=O)N[C@@H]1C(=O)N2C(C(=O)O)=C(COC(N)=O)CS[C@H]12)c1ccccc1. The molecule has 0 unspecified atom stereocenters. The van der Waals surface area contributed by atoms with Gasteiger partial charge in [-0.25, -0.2) is 9.59 Å². The summed E-state index contributed by atoms with van der Waals surface area (Å²) in [5, 5.41) is 15.4. The van der Waals surface area contributed by atoms with E-state index in [4.69, 9.17) is 10.6 Å². The third-order valence-corrected chi connectivity index (χ3v) is 5.81. The highest BCUT2D eigenvalue weighted by molar-refractivity contribution is 8.00. The highest BCUT2D eigenvalue weighted by Gasteiger charge is 2.54. The van der Waals surface area contributed by atoms with E-state index in [1.807, 2.05) is 0 Å². The van der Waals surface area contributed by atoms with Crippen LogP contribution in [0.3, 0.4) is 0 Å². The standard InChI is InChI=1S/C19H20N4O7S/c1-2-30-22-12(10-6-4-3-5-7-10)15(24)21-13-16(25)23-14(18(26)27)11(8-29-19(20)28)9-31-17(13)23/h3-7,13,17H,2,8-9H2,1H3,(H2,20,28)(H,21,24)(H,26,27)/t13-,17-/m1/s1. The van der Waals surface area contributed by atoms with Gasteiger partial charge in [-0.2, -0.15) is 0 Å². The summed E-state index contributed by atoms with van der Waals surface area (Å²) in [7, 11) is 0. The Morgan fingerprint density at radius 1 is 1.32 bits per heavy atom. The molecule has 3 amide bonds. The van der Waals surface area contributed by atoms with Gasteiger partial charge in [0.15, 0.2) is 5.71 Å². The van der Waals surface area contributed by atoms with E-state index in [9.17, 15) is 24.3 Å². The number of nitrogens with zero attached hydrogens (tertiary/aromatic N) is 2. The first kappa shape index (κ1) is 22.2. The second-order valence-electron chi connectivity index (χ2n) is 6.45. The van der Waals surface area contributed by atoms with Gasteiger partial charge in [0.2, 0.25) is 0 Å². The van der Waals surface area contributed by atoms with E-state index in [0.717, 1.165) is 4.90 Å². The Labute approximate surface area is 181 Å². The summed E-state index contributed by atoms with van der Waals surface area (Å²) in [6, 6.07) is 7.66. The second kappa shape index (κ2) is 9.51. The van der Waals surface area contributed by atoms with Crippen molar-refractivity contribution < 1.29 is 33.9 Å². The zero-order chi connectivity index (χ0) is 22.5. The van der Waals surface area contributed by atoms with E-state index < -0.39 is 35.3 Å². The van der Waals surface area contributed by atoms with Crippen LogP contribution in [-0.4, -0.2) is 70.0 Å². The quantitative estimate of drug-likeness (QED) is 0.290. The van der Waals surface area contributed by atoms with Gasteiger partial charge in [0.05, 0.1) is 0 Å². The van der Waals surface area contributed by atoms with Crippen LogP contribution in [0, 0.1) is 0 Å². The lowest BCUT2D eigenvalue weighted by Crippen LogP contribution is -2.71. The minimum atomic E-state index is -1.34. The van der Waals surface area contributed by atoms with Crippen molar-refractivity contribution in [3.05, 3.63) is 47.2 Å². The van der Waals surface area contributed by atoms with Crippen LogP contribution in [0.2, 0.25) is 0 Å². The summed E-state index contributed by atoms with van der Waals surface area (Å²) in [4.78, 5) is 54.2. The maximum absolute atomic E-state index is 12.8. The van der Waals surface area contributed by atoms with Crippen LogP contribution in [0.25, 0.3) is 0 Å². The van der Waals surface area contributed by atoms with Crippen LogP contribution in [-0.2, 0) is 24.0 Å². The molecule has 31 heavy (non-hydrogen) atoms. The average Bonchev–Trinajstić information content (AvgIpc) is 2.76. The fourth-order valence-electron chi connectivity index (χ4n) is 3.11. The molecule has 0 aromatic heterocycles. The number of carboxylic acids is 1. The zero-order valence-corrected chi connectivity index (χ0v) is 17.3. The number of carboxylic acid groups (broad SMARTS) is 1. The summed E-state index contributed by atoms with van der Waals surface area (Å²) < 4.78 is 4.68. The van der Waals surface area contributed by atoms with E-state index in [2.05, 4.69) is 15.2 Å². The number of fused-ring (bicyclic) bond motifs is 1. The number of carbonyl (C=O) groups is 4. The number of primary amides is 1. The van der Waals surface area contributed by atoms with Crippen molar-refractivity contribution in [2.75, 3.05) is 19.0 Å². The number of hydrogen-bond donors (Lipinski definition) is 3. The first-order valence-corrected chi connectivity index (χ1v) is 10.3. The molecule has 2 heterocycles. The Bertz CT molecular complexity index is 963. The minimum Gasteiger partial charge on any atom is -0.477 e. The number of nitrogens with one attached hydrogen (secondary N) is 1. The molecular formula is C19H20N4O7S. The van der Waals surface area contributed by atoms with Crippen molar-refractivity contribution in [1.82, 2.24) is 10.2 Å². The number of amides is 3. The van der Waals surface area contributed by atoms with Crippen molar-refractivity contribution in [3.8, 4) is 0 Å². The Hall–Kier alpha value is -3.54. The number of ether oxygens (including phenoxy) is 1. The van der Waals surface area contributed by atoms with E-state index in [1.54, 1.807) is 37.3 Å². The maximum Gasteiger partial charge on any atom is 0.404 e. The number of carbonyl (C=O) groups excluding carboxylic acids is 3. The van der Waals surface area contributed by atoms with Crippen LogP contribution in [0.5, 0.6) is 0 Å². The summed E-state index contributed by atoms with van der Waals surface area (Å²) in [5.74, 6) is -2.37. The van der Waals surface area contributed by atoms with E-state index in [1.165, 1.54) is 11.8 Å². The topological polar surface area (TPSA) is 161 Å². The van der Waals surface area contributed by atoms with Gasteiger partial charge in [-0.1, -0.05) is 35.5 Å². The largest absolute Gasteiger partial charge is 0.477 e. The van der Waals surface area contributed by atoms with Crippen molar-refractivity contribution in [1.29, 1.82) is 0 Å². The lowest BCUT2D eigenvalue weighted by molar-refractivity contribution is -0.150. The van der Waals surface area contributed by atoms with Crippen LogP contribution in [0.1, 0.15) is 12.5 Å². The molecular weight excluding hydrogens is 428 g/mol. The predicted octanol–water partition coefficient (Wildman–Crippen LogP) is 0.261. The monoisotopic (exact) mass is 448 g/mol. The lowest BCUT2D eigenvalue weighted by Gasteiger charge is -2.49. The molecule has 0 bridgehead atoms. The van der Waals surface area contributed by atoms with Gasteiger partial charge in [-0.3, -0.25) is 14.5 Å². The van der Waals surface area contributed by atoms with Crippen LogP contribution >= 0.6 is 11.8 Å². The van der Waals surface area contributed by atoms with Crippen LogP contribution in [0.4, 0.5) is 4.79 Å². The Morgan fingerprint density at radius 2 is 2.03 bits per heavy atom. The van der Waals surface area contributed by atoms with Gasteiger partial charge >= 0.3 is 12.1 Å². The molecule has 11 nitrogen and oxygen atoms in total. The highest BCUT2D eigenvalue weighted by Crippen LogP contribution is 2.40. The zero-order valence-electron chi connectivity index (χ0n) is 16.4. The summed E-state index contributed by atoms with van der Waals surface area (Å²) in [5.41, 5.74) is 5.41. The maximum atomic E-state index is 12.8. The van der Waals surface area contributed by atoms with E-state index >= 15 is 0 Å². The minimum absolute atomic E-state index is 0.000873. The fourth-order valence-corrected chi connectivity index (χ4v) is 4.44. The van der Waals surface area contributed by atoms with Gasteiger partial charge in [0, 0.05) is 16.9 Å². The molecule has 0 spiro atoms. The van der Waals surface area contributed by atoms with Crippen LogP contribution < -0.4 is 11.1 Å². The summed E-state index contributed by atoms with van der Waals surface area (Å²) in [6.07, 6.45) is -1.05. The molecule has 12 heteroatoms. The predicted molar refractivity (Wildman–Crippen MR) is 110 cm³/mol. The molecule has 1 fully saturated rings. The normalized spacial score (nSPS) is 20.5. The highest BCUT2D eigenvalue weighted by atomic mass is 32.2. The number of hydrogen-bond acceptors (Lipinski definition) is 8. The first-order valence-electron chi connectivity index (χ1n) is 9.23. The molecule has 0 saturated carbocycles. The second-order valence-corrected chi connectivity index (χ2v) is 7.55. The number of thioether (sulfide) groups is 1. The Kier molecular flexibility index (Phi) is 6.80. The van der Waals surface area contributed by atoms with E-state index in [0.29, 0.717) is 5.56 Å². The third kappa shape index (κ3) is 4.63. The molecule has 0 radical (unpaired) electrons. The number of rotatable bonds is 8. The lowest BCUT2D eigenvalue weighted by atomic mass is 10.0.